The van der Waals surface area contributed by atoms with E-state index < -0.39 is 0 Å². The van der Waals surface area contributed by atoms with E-state index in [9.17, 15) is 5.26 Å². The van der Waals surface area contributed by atoms with Crippen molar-refractivity contribution in [2.75, 3.05) is 33.2 Å². The van der Waals surface area contributed by atoms with Crippen LogP contribution in [0.4, 0.5) is 0 Å². The van der Waals surface area contributed by atoms with Crippen LogP contribution >= 0.6 is 0 Å². The van der Waals surface area contributed by atoms with Crippen molar-refractivity contribution in [1.82, 2.24) is 10.2 Å². The third-order valence-corrected chi connectivity index (χ3v) is 3.02. The van der Waals surface area contributed by atoms with Gasteiger partial charge in [-0.1, -0.05) is 5.11 Å². The lowest BCUT2D eigenvalue weighted by Gasteiger charge is -2.36. The Hall–Kier alpha value is -1.28. The minimum atomic E-state index is -0.372. The number of azide groups is 1. The first-order valence-electron chi connectivity index (χ1n) is 5.58. The molecule has 0 bridgehead atoms. The molecule has 1 heterocycles. The Balaban J connectivity index is 2.31. The monoisotopic (exact) mass is 222 g/mol. The number of piperidine rings is 1. The Morgan fingerprint density at radius 3 is 2.81 bits per heavy atom. The molecule has 0 aliphatic carbocycles. The zero-order valence-electron chi connectivity index (χ0n) is 9.69. The molecule has 0 unspecified atom stereocenters. The van der Waals surface area contributed by atoms with E-state index in [1.165, 1.54) is 0 Å². The topological polar surface area (TPSA) is 87.8 Å². The summed E-state index contributed by atoms with van der Waals surface area (Å²) in [6.45, 7) is 3.13. The average molecular weight is 222 g/mol. The maximum absolute atomic E-state index is 9.22. The molecule has 0 aromatic heterocycles. The van der Waals surface area contributed by atoms with Crippen molar-refractivity contribution in [2.24, 2.45) is 5.11 Å². The predicted octanol–water partition coefficient (Wildman–Crippen LogP) is 1.26. The molecular weight excluding hydrogens is 204 g/mol. The van der Waals surface area contributed by atoms with Gasteiger partial charge in [-0.15, -0.1) is 0 Å². The minimum Gasteiger partial charge on any atom is -0.306 e. The van der Waals surface area contributed by atoms with Gasteiger partial charge < -0.3 is 4.90 Å². The van der Waals surface area contributed by atoms with Crippen LogP contribution in [0.2, 0.25) is 0 Å². The van der Waals surface area contributed by atoms with Crippen LogP contribution in [0, 0.1) is 11.3 Å². The highest BCUT2D eigenvalue weighted by atomic mass is 15.1. The molecule has 6 heteroatoms. The van der Waals surface area contributed by atoms with E-state index in [1.54, 1.807) is 0 Å². The summed E-state index contributed by atoms with van der Waals surface area (Å²) in [5.41, 5.74) is 7.75. The lowest BCUT2D eigenvalue weighted by Crippen LogP contribution is -2.52. The van der Waals surface area contributed by atoms with Gasteiger partial charge in [0.2, 0.25) is 0 Å². The third kappa shape index (κ3) is 3.70. The van der Waals surface area contributed by atoms with Crippen molar-refractivity contribution in [3.63, 3.8) is 0 Å². The molecular formula is C10H18N6. The van der Waals surface area contributed by atoms with Crippen molar-refractivity contribution >= 4 is 0 Å². The summed E-state index contributed by atoms with van der Waals surface area (Å²) < 4.78 is 0. The van der Waals surface area contributed by atoms with Gasteiger partial charge in [0, 0.05) is 24.5 Å². The van der Waals surface area contributed by atoms with Crippen LogP contribution in [0.15, 0.2) is 5.11 Å². The molecule has 0 saturated carbocycles. The Morgan fingerprint density at radius 2 is 2.25 bits per heavy atom. The summed E-state index contributed by atoms with van der Waals surface area (Å²) in [5, 5.41) is 16.0. The molecule has 1 fully saturated rings. The highest BCUT2D eigenvalue weighted by Gasteiger charge is 2.32. The van der Waals surface area contributed by atoms with E-state index in [0.717, 1.165) is 38.9 Å². The van der Waals surface area contributed by atoms with Crippen LogP contribution in [0.25, 0.3) is 10.4 Å². The molecule has 0 atom stereocenters. The Morgan fingerprint density at radius 1 is 1.56 bits per heavy atom. The lowest BCUT2D eigenvalue weighted by molar-refractivity contribution is 0.196. The van der Waals surface area contributed by atoms with E-state index >= 15 is 0 Å². The maximum atomic E-state index is 9.22. The van der Waals surface area contributed by atoms with Gasteiger partial charge in [0.25, 0.3) is 0 Å². The van der Waals surface area contributed by atoms with Gasteiger partial charge in [-0.2, -0.15) is 5.26 Å². The highest BCUT2D eigenvalue weighted by molar-refractivity contribution is 5.09. The fourth-order valence-electron chi connectivity index (χ4n) is 1.85. The third-order valence-electron chi connectivity index (χ3n) is 3.02. The van der Waals surface area contributed by atoms with Crippen LogP contribution in [-0.2, 0) is 0 Å². The van der Waals surface area contributed by atoms with E-state index in [1.807, 2.05) is 0 Å². The van der Waals surface area contributed by atoms with Crippen LogP contribution in [0.5, 0.6) is 0 Å². The van der Waals surface area contributed by atoms with Gasteiger partial charge >= 0.3 is 0 Å². The Bertz CT molecular complexity index is 293. The fourth-order valence-corrected chi connectivity index (χ4v) is 1.85. The minimum absolute atomic E-state index is 0.372. The first-order valence-corrected chi connectivity index (χ1v) is 5.58. The summed E-state index contributed by atoms with van der Waals surface area (Å²) >= 11 is 0. The predicted molar refractivity (Wildman–Crippen MR) is 61.7 cm³/mol. The van der Waals surface area contributed by atoms with Crippen LogP contribution in [0.1, 0.15) is 19.3 Å². The fraction of sp³-hybridized carbons (Fsp3) is 0.900. The normalized spacial score (nSPS) is 19.8. The molecule has 1 aliphatic rings. The second-order valence-electron chi connectivity index (χ2n) is 4.23. The molecule has 1 aliphatic heterocycles. The molecule has 0 aromatic rings. The second kappa shape index (κ2) is 6.33. The molecule has 1 saturated heterocycles. The molecule has 16 heavy (non-hydrogen) atoms. The number of rotatable bonds is 5. The molecule has 0 amide bonds. The average Bonchev–Trinajstić information content (AvgIpc) is 2.32. The number of hydrogen-bond acceptors (Lipinski definition) is 4. The van der Waals surface area contributed by atoms with Crippen molar-refractivity contribution in [1.29, 1.82) is 5.26 Å². The van der Waals surface area contributed by atoms with Crippen LogP contribution in [-0.4, -0.2) is 43.7 Å². The molecule has 0 aromatic carbocycles. The van der Waals surface area contributed by atoms with Gasteiger partial charge in [-0.05, 0) is 38.4 Å². The van der Waals surface area contributed by atoms with Crippen LogP contribution in [0.3, 0.4) is 0 Å². The van der Waals surface area contributed by atoms with Crippen molar-refractivity contribution < 1.29 is 0 Å². The zero-order chi connectivity index (χ0) is 11.9. The van der Waals surface area contributed by atoms with Crippen molar-refractivity contribution in [3.05, 3.63) is 10.4 Å². The molecule has 0 radical (unpaired) electrons. The summed E-state index contributed by atoms with van der Waals surface area (Å²) in [6, 6.07) is 2.39. The van der Waals surface area contributed by atoms with Crippen molar-refractivity contribution in [2.45, 2.75) is 24.8 Å². The van der Waals surface area contributed by atoms with Gasteiger partial charge in [-0.25, -0.2) is 0 Å². The standard InChI is InChI=1S/C10H18N6/c1-16-7-3-10(9-11,4-8-16)13-5-2-6-14-15-12/h13H,2-8H2,1H3. The number of likely N-dealkylation sites (tertiary alicyclic amines) is 1. The molecule has 0 spiro atoms. The van der Waals surface area contributed by atoms with E-state index in [4.69, 9.17) is 5.53 Å². The highest BCUT2D eigenvalue weighted by Crippen LogP contribution is 2.20. The molecule has 1 rings (SSSR count). The van der Waals surface area contributed by atoms with Gasteiger partial charge in [0.1, 0.15) is 5.54 Å². The van der Waals surface area contributed by atoms with Gasteiger partial charge in [0.15, 0.2) is 0 Å². The lowest BCUT2D eigenvalue weighted by atomic mass is 9.89. The zero-order valence-corrected chi connectivity index (χ0v) is 9.69. The molecule has 88 valence electrons. The smallest absolute Gasteiger partial charge is 0.109 e. The summed E-state index contributed by atoms with van der Waals surface area (Å²) in [6.07, 6.45) is 2.51. The van der Waals surface area contributed by atoms with Crippen LogP contribution < -0.4 is 5.32 Å². The SMILES string of the molecule is CN1CCC(C#N)(NCCCN=[N+]=[N-])CC1. The Labute approximate surface area is 95.9 Å². The summed E-state index contributed by atoms with van der Waals surface area (Å²) in [7, 11) is 2.07. The first-order chi connectivity index (χ1) is 7.72. The van der Waals surface area contributed by atoms with Gasteiger partial charge in [0.05, 0.1) is 6.07 Å². The van der Waals surface area contributed by atoms with Crippen molar-refractivity contribution in [3.8, 4) is 6.07 Å². The van der Waals surface area contributed by atoms with E-state index in [0.29, 0.717) is 6.54 Å². The Kier molecular flexibility index (Phi) is 5.06. The largest absolute Gasteiger partial charge is 0.306 e. The van der Waals surface area contributed by atoms with Gasteiger partial charge in [-0.3, -0.25) is 5.32 Å². The second-order valence-corrected chi connectivity index (χ2v) is 4.23. The quantitative estimate of drug-likeness (QED) is 0.329. The number of nitriles is 1. The van der Waals surface area contributed by atoms with E-state index in [-0.39, 0.29) is 5.54 Å². The number of hydrogen-bond donors (Lipinski definition) is 1. The van der Waals surface area contributed by atoms with E-state index in [2.05, 4.69) is 33.4 Å². The number of nitrogens with zero attached hydrogens (tertiary/aromatic N) is 5. The molecule has 6 nitrogen and oxygen atoms in total. The summed E-state index contributed by atoms with van der Waals surface area (Å²) in [5.74, 6) is 0. The number of nitrogens with one attached hydrogen (secondary N) is 1. The first kappa shape index (κ1) is 12.8. The maximum Gasteiger partial charge on any atom is 0.109 e. The summed E-state index contributed by atoms with van der Waals surface area (Å²) in [4.78, 5) is 4.93. The molecule has 1 N–H and O–H groups in total.